The molecule has 3 heteroatoms. The molecule has 0 spiro atoms. The van der Waals surface area contributed by atoms with Crippen LogP contribution < -0.4 is 0 Å². The molecule has 1 rings (SSSR count). The molecule has 1 N–H and O–H groups in total. The number of ether oxygens (including phenoxy) is 2. The lowest BCUT2D eigenvalue weighted by Crippen LogP contribution is -1.94. The first kappa shape index (κ1) is 13.8. The quantitative estimate of drug-likeness (QED) is 0.781. The predicted molar refractivity (Wildman–Crippen MR) is 61.7 cm³/mol. The Morgan fingerprint density at radius 3 is 2.47 bits per heavy atom. The van der Waals surface area contributed by atoms with E-state index < -0.39 is 0 Å². The van der Waals surface area contributed by atoms with Crippen molar-refractivity contribution in [1.82, 2.24) is 0 Å². The number of allylic oxidation sites excluding steroid dienone is 4. The van der Waals surface area contributed by atoms with E-state index in [4.69, 9.17) is 4.74 Å². The summed E-state index contributed by atoms with van der Waals surface area (Å²) in [4.78, 5) is 0. The first-order valence-electron chi connectivity index (χ1n) is 5.13. The Bertz CT molecular complexity index is 237. The highest BCUT2D eigenvalue weighted by Gasteiger charge is 2.02. The Kier molecular flexibility index (Phi) is 8.58. The monoisotopic (exact) mass is 212 g/mol. The molecule has 0 saturated carbocycles. The van der Waals surface area contributed by atoms with E-state index in [2.05, 4.69) is 4.74 Å². The van der Waals surface area contributed by atoms with Crippen LogP contribution in [-0.2, 0) is 9.47 Å². The van der Waals surface area contributed by atoms with Crippen molar-refractivity contribution in [2.45, 2.75) is 20.3 Å². The van der Waals surface area contributed by atoms with Gasteiger partial charge in [-0.1, -0.05) is 18.2 Å². The summed E-state index contributed by atoms with van der Waals surface area (Å²) in [6.07, 6.45) is 7.94. The zero-order valence-corrected chi connectivity index (χ0v) is 9.69. The van der Waals surface area contributed by atoms with Crippen LogP contribution in [0.2, 0.25) is 0 Å². The fraction of sp³-hybridized carbons (Fsp3) is 0.500. The Balaban J connectivity index is 0.000000423. The Morgan fingerprint density at radius 1 is 1.27 bits per heavy atom. The molecular formula is C12H20O3. The summed E-state index contributed by atoms with van der Waals surface area (Å²) >= 11 is 0. The molecule has 0 aromatic heterocycles. The van der Waals surface area contributed by atoms with E-state index in [-0.39, 0.29) is 5.76 Å². The summed E-state index contributed by atoms with van der Waals surface area (Å²) in [5, 5.41) is 9.31. The van der Waals surface area contributed by atoms with Gasteiger partial charge < -0.3 is 14.6 Å². The molecule has 0 aliphatic heterocycles. The molecule has 3 nitrogen and oxygen atoms in total. The molecule has 86 valence electrons. The largest absolute Gasteiger partial charge is 0.504 e. The highest BCUT2D eigenvalue weighted by molar-refractivity contribution is 5.24. The van der Waals surface area contributed by atoms with Crippen LogP contribution in [0, 0.1) is 0 Å². The van der Waals surface area contributed by atoms with Crippen LogP contribution in [0.3, 0.4) is 0 Å². The van der Waals surface area contributed by atoms with Crippen molar-refractivity contribution >= 4 is 0 Å². The summed E-state index contributed by atoms with van der Waals surface area (Å²) in [7, 11) is 1.68. The summed E-state index contributed by atoms with van der Waals surface area (Å²) in [6, 6.07) is 0. The van der Waals surface area contributed by atoms with Crippen molar-refractivity contribution in [2.24, 2.45) is 0 Å². The Hall–Kier alpha value is -1.22. The van der Waals surface area contributed by atoms with Crippen molar-refractivity contribution in [3.8, 4) is 0 Å². The SMILES string of the molecule is CCOC.CCOC1=C(O)C=CC=CC1. The number of methoxy groups -OCH3 is 1. The number of hydrogen-bond donors (Lipinski definition) is 1. The molecule has 0 saturated heterocycles. The second-order valence-electron chi connectivity index (χ2n) is 2.81. The van der Waals surface area contributed by atoms with Gasteiger partial charge in [0.05, 0.1) is 6.61 Å². The lowest BCUT2D eigenvalue weighted by atomic mass is 10.3. The molecule has 0 atom stereocenters. The van der Waals surface area contributed by atoms with E-state index in [9.17, 15) is 5.11 Å². The average molecular weight is 212 g/mol. The van der Waals surface area contributed by atoms with E-state index in [1.54, 1.807) is 19.3 Å². The topological polar surface area (TPSA) is 38.7 Å². The minimum atomic E-state index is 0.233. The fourth-order valence-corrected chi connectivity index (χ4v) is 0.905. The maximum Gasteiger partial charge on any atom is 0.153 e. The minimum absolute atomic E-state index is 0.233. The molecule has 0 aromatic carbocycles. The highest BCUT2D eigenvalue weighted by Crippen LogP contribution is 2.13. The van der Waals surface area contributed by atoms with Crippen LogP contribution in [0.1, 0.15) is 20.3 Å². The van der Waals surface area contributed by atoms with E-state index >= 15 is 0 Å². The maximum atomic E-state index is 9.31. The minimum Gasteiger partial charge on any atom is -0.504 e. The smallest absolute Gasteiger partial charge is 0.153 e. The van der Waals surface area contributed by atoms with Gasteiger partial charge in [-0.2, -0.15) is 0 Å². The average Bonchev–Trinajstić information content (AvgIpc) is 2.46. The number of aliphatic hydroxyl groups excluding tert-OH is 1. The molecule has 0 amide bonds. The summed E-state index contributed by atoms with van der Waals surface area (Å²) in [5.74, 6) is 0.884. The van der Waals surface area contributed by atoms with Crippen molar-refractivity contribution in [3.05, 3.63) is 35.8 Å². The van der Waals surface area contributed by atoms with E-state index in [0.717, 1.165) is 6.61 Å². The molecule has 0 aromatic rings. The molecule has 0 bridgehead atoms. The first-order valence-corrected chi connectivity index (χ1v) is 5.13. The van der Waals surface area contributed by atoms with Crippen LogP contribution in [0.15, 0.2) is 35.8 Å². The van der Waals surface area contributed by atoms with Gasteiger partial charge in [0.25, 0.3) is 0 Å². The summed E-state index contributed by atoms with van der Waals surface area (Å²) < 4.78 is 9.74. The normalized spacial score (nSPS) is 14.3. The van der Waals surface area contributed by atoms with Gasteiger partial charge in [-0.25, -0.2) is 0 Å². The van der Waals surface area contributed by atoms with Crippen LogP contribution >= 0.6 is 0 Å². The van der Waals surface area contributed by atoms with Gasteiger partial charge in [0.2, 0.25) is 0 Å². The number of hydrogen-bond acceptors (Lipinski definition) is 3. The Morgan fingerprint density at radius 2 is 1.93 bits per heavy atom. The van der Waals surface area contributed by atoms with Gasteiger partial charge in [0, 0.05) is 20.1 Å². The van der Waals surface area contributed by atoms with Crippen molar-refractivity contribution in [1.29, 1.82) is 0 Å². The van der Waals surface area contributed by atoms with Gasteiger partial charge in [0.1, 0.15) is 5.76 Å². The maximum absolute atomic E-state index is 9.31. The fourth-order valence-electron chi connectivity index (χ4n) is 0.905. The second kappa shape index (κ2) is 9.34. The molecular weight excluding hydrogens is 192 g/mol. The van der Waals surface area contributed by atoms with Crippen LogP contribution in [0.25, 0.3) is 0 Å². The lowest BCUT2D eigenvalue weighted by molar-refractivity contribution is 0.204. The van der Waals surface area contributed by atoms with Crippen LogP contribution in [-0.4, -0.2) is 25.4 Å². The lowest BCUT2D eigenvalue weighted by Gasteiger charge is -2.05. The third-order valence-electron chi connectivity index (χ3n) is 1.70. The van der Waals surface area contributed by atoms with Crippen molar-refractivity contribution < 1.29 is 14.6 Å². The number of rotatable bonds is 3. The zero-order chi connectivity index (χ0) is 11.5. The van der Waals surface area contributed by atoms with E-state index in [1.807, 2.05) is 26.0 Å². The van der Waals surface area contributed by atoms with Crippen LogP contribution in [0.4, 0.5) is 0 Å². The zero-order valence-electron chi connectivity index (χ0n) is 9.69. The molecule has 1 aliphatic rings. The molecule has 0 unspecified atom stereocenters. The summed E-state index contributed by atoms with van der Waals surface area (Å²) in [6.45, 7) is 5.28. The van der Waals surface area contributed by atoms with Gasteiger partial charge in [-0.05, 0) is 19.9 Å². The van der Waals surface area contributed by atoms with E-state index in [0.29, 0.717) is 18.8 Å². The molecule has 15 heavy (non-hydrogen) atoms. The molecule has 1 aliphatic carbocycles. The van der Waals surface area contributed by atoms with Crippen LogP contribution in [0.5, 0.6) is 0 Å². The highest BCUT2D eigenvalue weighted by atomic mass is 16.5. The first-order chi connectivity index (χ1) is 7.26. The van der Waals surface area contributed by atoms with Crippen molar-refractivity contribution in [2.75, 3.05) is 20.3 Å². The van der Waals surface area contributed by atoms with Gasteiger partial charge in [-0.15, -0.1) is 0 Å². The van der Waals surface area contributed by atoms with Gasteiger partial charge in [-0.3, -0.25) is 0 Å². The third-order valence-corrected chi connectivity index (χ3v) is 1.70. The number of aliphatic hydroxyl groups is 1. The Labute approximate surface area is 91.7 Å². The standard InChI is InChI=1S/C9H12O2.C3H8O/c1-2-11-9-7-5-3-4-6-8(9)10;1-3-4-2/h3-6,10H,2,7H2,1H3;3H2,1-2H3. The molecule has 0 fully saturated rings. The van der Waals surface area contributed by atoms with Gasteiger partial charge >= 0.3 is 0 Å². The third kappa shape index (κ3) is 6.80. The molecule has 0 heterocycles. The van der Waals surface area contributed by atoms with Gasteiger partial charge in [0.15, 0.2) is 5.76 Å². The van der Waals surface area contributed by atoms with Crippen molar-refractivity contribution in [3.63, 3.8) is 0 Å². The van der Waals surface area contributed by atoms with E-state index in [1.165, 1.54) is 0 Å². The second-order valence-corrected chi connectivity index (χ2v) is 2.81. The summed E-state index contributed by atoms with van der Waals surface area (Å²) in [5.41, 5.74) is 0. The predicted octanol–water partition coefficient (Wildman–Crippen LogP) is 2.96. The molecule has 0 radical (unpaired) electrons.